The Kier molecular flexibility index (Phi) is 4.90. The van der Waals surface area contributed by atoms with Crippen LogP contribution in [0.25, 0.3) is 0 Å². The number of ether oxygens (including phenoxy) is 1. The molecule has 0 spiro atoms. The molecule has 24 heavy (non-hydrogen) atoms. The number of carboxylic acids is 1. The summed E-state index contributed by atoms with van der Waals surface area (Å²) in [7, 11) is 1.83. The lowest BCUT2D eigenvalue weighted by atomic mass is 9.92. The standard InChI is InChI=1S/C19H25NO4/c1-12-6-8-13(9-7-12)14-4-3-5-15(14)20(2)18(21)16-10-11-17(24-16)19(22)23/h6-9,14-17H,3-5,10-11H2,1-2H3,(H,22,23)/t14?,15?,16-,17+/m0/s1. The Hall–Kier alpha value is -1.88. The van der Waals surface area contributed by atoms with Gasteiger partial charge in [0.1, 0.15) is 6.10 Å². The topological polar surface area (TPSA) is 66.8 Å². The highest BCUT2D eigenvalue weighted by atomic mass is 16.5. The highest BCUT2D eigenvalue weighted by molar-refractivity contribution is 5.83. The molecule has 2 aliphatic rings. The molecule has 1 aromatic rings. The summed E-state index contributed by atoms with van der Waals surface area (Å²) < 4.78 is 5.43. The van der Waals surface area contributed by atoms with Crippen LogP contribution in [0.2, 0.25) is 0 Å². The number of hydrogen-bond donors (Lipinski definition) is 1. The van der Waals surface area contributed by atoms with Crippen LogP contribution < -0.4 is 0 Å². The van der Waals surface area contributed by atoms with E-state index in [1.54, 1.807) is 4.90 Å². The highest BCUT2D eigenvalue weighted by Gasteiger charge is 2.40. The van der Waals surface area contributed by atoms with Crippen LogP contribution in [0.4, 0.5) is 0 Å². The number of amides is 1. The fourth-order valence-corrected chi connectivity index (χ4v) is 4.00. The number of benzene rings is 1. The second-order valence-corrected chi connectivity index (χ2v) is 6.99. The second kappa shape index (κ2) is 6.93. The zero-order chi connectivity index (χ0) is 17.3. The van der Waals surface area contributed by atoms with Gasteiger partial charge in [-0.25, -0.2) is 4.79 Å². The van der Waals surface area contributed by atoms with Crippen LogP contribution in [0.15, 0.2) is 24.3 Å². The minimum Gasteiger partial charge on any atom is -0.479 e. The lowest BCUT2D eigenvalue weighted by Crippen LogP contribution is -2.44. The van der Waals surface area contributed by atoms with Gasteiger partial charge in [0.25, 0.3) is 5.91 Å². The molecule has 4 atom stereocenters. The zero-order valence-corrected chi connectivity index (χ0v) is 14.3. The SMILES string of the molecule is Cc1ccc(C2CCCC2N(C)C(=O)[C@@H]2CC[C@H](C(=O)O)O2)cc1. The minimum absolute atomic E-state index is 0.0808. The quantitative estimate of drug-likeness (QED) is 0.921. The summed E-state index contributed by atoms with van der Waals surface area (Å²) in [5.74, 6) is -0.717. The molecule has 1 aromatic carbocycles. The van der Waals surface area contributed by atoms with E-state index in [1.807, 2.05) is 7.05 Å². The highest BCUT2D eigenvalue weighted by Crippen LogP contribution is 2.38. The first-order valence-corrected chi connectivity index (χ1v) is 8.69. The Labute approximate surface area is 142 Å². The Morgan fingerprint density at radius 2 is 1.75 bits per heavy atom. The van der Waals surface area contributed by atoms with E-state index in [0.29, 0.717) is 18.8 Å². The Bertz CT molecular complexity index is 612. The van der Waals surface area contributed by atoms with Crippen molar-refractivity contribution >= 4 is 11.9 Å². The molecule has 0 bridgehead atoms. The number of hydrogen-bond acceptors (Lipinski definition) is 3. The van der Waals surface area contributed by atoms with E-state index < -0.39 is 18.2 Å². The summed E-state index contributed by atoms with van der Waals surface area (Å²) in [5.41, 5.74) is 2.51. The smallest absolute Gasteiger partial charge is 0.332 e. The molecule has 0 radical (unpaired) electrons. The number of carbonyl (C=O) groups excluding carboxylic acids is 1. The van der Waals surface area contributed by atoms with Crippen molar-refractivity contribution in [2.24, 2.45) is 0 Å². The molecule has 1 amide bonds. The van der Waals surface area contributed by atoms with Crippen molar-refractivity contribution in [3.63, 3.8) is 0 Å². The van der Waals surface area contributed by atoms with Crippen molar-refractivity contribution in [3.8, 4) is 0 Å². The predicted molar refractivity (Wildman–Crippen MR) is 89.9 cm³/mol. The number of aryl methyl sites for hydroxylation is 1. The molecule has 1 heterocycles. The predicted octanol–water partition coefficient (Wildman–Crippen LogP) is 2.72. The minimum atomic E-state index is -0.980. The first-order valence-electron chi connectivity index (χ1n) is 8.69. The largest absolute Gasteiger partial charge is 0.479 e. The van der Waals surface area contributed by atoms with Gasteiger partial charge in [-0.05, 0) is 38.2 Å². The van der Waals surface area contributed by atoms with Crippen LogP contribution in [-0.4, -0.2) is 47.2 Å². The van der Waals surface area contributed by atoms with E-state index in [0.717, 1.165) is 19.3 Å². The molecule has 1 saturated heterocycles. The van der Waals surface area contributed by atoms with E-state index >= 15 is 0 Å². The van der Waals surface area contributed by atoms with Gasteiger partial charge in [0, 0.05) is 19.0 Å². The third-order valence-corrected chi connectivity index (χ3v) is 5.40. The number of aliphatic carboxylic acids is 1. The van der Waals surface area contributed by atoms with Gasteiger partial charge < -0.3 is 14.7 Å². The molecular weight excluding hydrogens is 306 g/mol. The van der Waals surface area contributed by atoms with Crippen LogP contribution in [0, 0.1) is 6.92 Å². The van der Waals surface area contributed by atoms with Crippen molar-refractivity contribution < 1.29 is 19.4 Å². The average molecular weight is 331 g/mol. The van der Waals surface area contributed by atoms with Crippen molar-refractivity contribution in [2.45, 2.75) is 63.2 Å². The summed E-state index contributed by atoms with van der Waals surface area (Å²) in [6.45, 7) is 2.07. The Morgan fingerprint density at radius 3 is 2.38 bits per heavy atom. The van der Waals surface area contributed by atoms with Gasteiger partial charge in [-0.2, -0.15) is 0 Å². The average Bonchev–Trinajstić information content (AvgIpc) is 3.23. The molecule has 1 saturated carbocycles. The third-order valence-electron chi connectivity index (χ3n) is 5.40. The van der Waals surface area contributed by atoms with Gasteiger partial charge in [-0.3, -0.25) is 4.79 Å². The van der Waals surface area contributed by atoms with E-state index in [4.69, 9.17) is 9.84 Å². The molecule has 3 rings (SSSR count). The van der Waals surface area contributed by atoms with Gasteiger partial charge in [0.2, 0.25) is 0 Å². The van der Waals surface area contributed by atoms with E-state index in [9.17, 15) is 9.59 Å². The number of carboxylic acid groups (broad SMARTS) is 1. The van der Waals surface area contributed by atoms with Crippen LogP contribution in [0.3, 0.4) is 0 Å². The van der Waals surface area contributed by atoms with Gasteiger partial charge >= 0.3 is 5.97 Å². The van der Waals surface area contributed by atoms with Gasteiger partial charge in [0.15, 0.2) is 6.10 Å². The monoisotopic (exact) mass is 331 g/mol. The number of carbonyl (C=O) groups is 2. The summed E-state index contributed by atoms with van der Waals surface area (Å²) in [4.78, 5) is 25.5. The second-order valence-electron chi connectivity index (χ2n) is 6.99. The van der Waals surface area contributed by atoms with Crippen LogP contribution in [0.1, 0.15) is 49.1 Å². The Morgan fingerprint density at radius 1 is 1.08 bits per heavy atom. The molecule has 2 unspecified atom stereocenters. The molecule has 5 heteroatoms. The number of nitrogens with zero attached hydrogens (tertiary/aromatic N) is 1. The van der Waals surface area contributed by atoms with Crippen molar-refractivity contribution in [2.75, 3.05) is 7.05 Å². The van der Waals surface area contributed by atoms with E-state index in [-0.39, 0.29) is 11.9 Å². The van der Waals surface area contributed by atoms with Crippen molar-refractivity contribution in [1.82, 2.24) is 4.90 Å². The maximum Gasteiger partial charge on any atom is 0.332 e. The summed E-state index contributed by atoms with van der Waals surface area (Å²) in [6.07, 6.45) is 2.60. The molecule has 0 aromatic heterocycles. The van der Waals surface area contributed by atoms with Gasteiger partial charge in [-0.1, -0.05) is 36.2 Å². The summed E-state index contributed by atoms with van der Waals surface area (Å²) in [6, 6.07) is 8.70. The third kappa shape index (κ3) is 3.31. The van der Waals surface area contributed by atoms with Crippen molar-refractivity contribution in [1.29, 1.82) is 0 Å². The zero-order valence-electron chi connectivity index (χ0n) is 14.3. The molecule has 2 fully saturated rings. The molecule has 1 aliphatic carbocycles. The van der Waals surface area contributed by atoms with Crippen LogP contribution in [0.5, 0.6) is 0 Å². The summed E-state index contributed by atoms with van der Waals surface area (Å²) >= 11 is 0. The fourth-order valence-electron chi connectivity index (χ4n) is 4.00. The van der Waals surface area contributed by atoms with Gasteiger partial charge in [0.05, 0.1) is 0 Å². The van der Waals surface area contributed by atoms with Crippen molar-refractivity contribution in [3.05, 3.63) is 35.4 Å². The number of rotatable bonds is 4. The van der Waals surface area contributed by atoms with Crippen LogP contribution in [-0.2, 0) is 14.3 Å². The van der Waals surface area contributed by atoms with E-state index in [2.05, 4.69) is 31.2 Å². The first kappa shape index (κ1) is 17.0. The Balaban J connectivity index is 1.69. The first-order chi connectivity index (χ1) is 11.5. The van der Waals surface area contributed by atoms with Crippen LogP contribution >= 0.6 is 0 Å². The lowest BCUT2D eigenvalue weighted by molar-refractivity contribution is -0.155. The molecular formula is C19H25NO4. The normalized spacial score (nSPS) is 29.6. The lowest BCUT2D eigenvalue weighted by Gasteiger charge is -2.32. The maximum atomic E-state index is 12.7. The molecule has 130 valence electrons. The molecule has 1 aliphatic heterocycles. The molecule has 1 N–H and O–H groups in total. The molecule has 5 nitrogen and oxygen atoms in total. The number of likely N-dealkylation sites (N-methyl/N-ethyl adjacent to an activating group) is 1. The fraction of sp³-hybridized carbons (Fsp3) is 0.579. The van der Waals surface area contributed by atoms with Gasteiger partial charge in [-0.15, -0.1) is 0 Å². The summed E-state index contributed by atoms with van der Waals surface area (Å²) in [5, 5.41) is 9.03. The van der Waals surface area contributed by atoms with E-state index in [1.165, 1.54) is 11.1 Å². The maximum absolute atomic E-state index is 12.7.